The predicted octanol–water partition coefficient (Wildman–Crippen LogP) is 0.633. The number of benzene rings is 1. The Balaban J connectivity index is 1.70. The highest BCUT2D eigenvalue weighted by molar-refractivity contribution is 7.89. The van der Waals surface area contributed by atoms with Crippen LogP contribution in [-0.4, -0.2) is 67.8 Å². The van der Waals surface area contributed by atoms with Crippen molar-refractivity contribution in [3.05, 3.63) is 29.8 Å². The van der Waals surface area contributed by atoms with Gasteiger partial charge in [0, 0.05) is 19.6 Å². The highest BCUT2D eigenvalue weighted by atomic mass is 32.2. The predicted molar refractivity (Wildman–Crippen MR) is 98.8 cm³/mol. The van der Waals surface area contributed by atoms with Gasteiger partial charge < -0.3 is 10.1 Å². The zero-order valence-corrected chi connectivity index (χ0v) is 16.4. The number of carbonyl (C=O) groups excluding carboxylic acids is 3. The summed E-state index contributed by atoms with van der Waals surface area (Å²) < 4.78 is 32.2. The first-order chi connectivity index (χ1) is 13.3. The Morgan fingerprint density at radius 2 is 1.89 bits per heavy atom. The van der Waals surface area contributed by atoms with Gasteiger partial charge in [-0.15, -0.1) is 0 Å². The van der Waals surface area contributed by atoms with Gasteiger partial charge in [0.05, 0.1) is 4.90 Å². The third kappa shape index (κ3) is 4.17. The molecule has 2 aliphatic heterocycles. The van der Waals surface area contributed by atoms with E-state index in [1.807, 2.05) is 6.92 Å². The molecule has 0 aromatic heterocycles. The van der Waals surface area contributed by atoms with Crippen molar-refractivity contribution in [3.8, 4) is 0 Å². The summed E-state index contributed by atoms with van der Waals surface area (Å²) in [5, 5.41) is 2.49. The van der Waals surface area contributed by atoms with Crippen molar-refractivity contribution in [2.24, 2.45) is 0 Å². The summed E-state index contributed by atoms with van der Waals surface area (Å²) in [4.78, 5) is 37.1. The van der Waals surface area contributed by atoms with Crippen LogP contribution in [0.1, 0.15) is 24.8 Å². The monoisotopic (exact) mass is 409 g/mol. The minimum atomic E-state index is -3.86. The van der Waals surface area contributed by atoms with Gasteiger partial charge >= 0.3 is 12.0 Å². The molecule has 3 amide bonds. The second-order valence-electron chi connectivity index (χ2n) is 6.83. The molecule has 1 atom stereocenters. The summed E-state index contributed by atoms with van der Waals surface area (Å²) in [5.74, 6) is -1.41. The fraction of sp³-hybridized carbons (Fsp3) is 0.500. The van der Waals surface area contributed by atoms with Crippen molar-refractivity contribution in [3.63, 3.8) is 0 Å². The highest BCUT2D eigenvalue weighted by Crippen LogP contribution is 2.26. The van der Waals surface area contributed by atoms with Gasteiger partial charge in [0.25, 0.3) is 5.91 Å². The van der Waals surface area contributed by atoms with Crippen molar-refractivity contribution in [1.29, 1.82) is 0 Å². The molecular weight excluding hydrogens is 386 g/mol. The summed E-state index contributed by atoms with van der Waals surface area (Å²) in [6.45, 7) is 2.03. The summed E-state index contributed by atoms with van der Waals surface area (Å²) in [7, 11) is -3.86. The molecule has 0 spiro atoms. The Kier molecular flexibility index (Phi) is 5.99. The van der Waals surface area contributed by atoms with Crippen LogP contribution in [0.15, 0.2) is 29.2 Å². The summed E-state index contributed by atoms with van der Waals surface area (Å²) in [6.07, 6.45) is 1.65. The minimum Gasteiger partial charge on any atom is -0.454 e. The Morgan fingerprint density at radius 1 is 1.18 bits per heavy atom. The second kappa shape index (κ2) is 8.27. The number of ether oxygens (including phenoxy) is 1. The van der Waals surface area contributed by atoms with Crippen LogP contribution in [0.25, 0.3) is 0 Å². The van der Waals surface area contributed by atoms with Crippen LogP contribution in [0.3, 0.4) is 0 Å². The molecule has 0 aliphatic carbocycles. The van der Waals surface area contributed by atoms with Crippen LogP contribution in [0.5, 0.6) is 0 Å². The number of carbonyl (C=O) groups is 3. The average Bonchev–Trinajstić information content (AvgIpc) is 3.12. The van der Waals surface area contributed by atoms with Gasteiger partial charge in [0.2, 0.25) is 10.0 Å². The third-order valence-electron chi connectivity index (χ3n) is 4.85. The lowest BCUT2D eigenvalue weighted by atomic mass is 10.1. The van der Waals surface area contributed by atoms with Gasteiger partial charge in [-0.3, -0.25) is 14.5 Å². The summed E-state index contributed by atoms with van der Waals surface area (Å²) in [6, 6.07) is 4.91. The number of hydrogen-bond donors (Lipinski definition) is 1. The number of rotatable bonds is 5. The van der Waals surface area contributed by atoms with Crippen LogP contribution in [0.2, 0.25) is 0 Å². The number of amides is 3. The topological polar surface area (TPSA) is 113 Å². The highest BCUT2D eigenvalue weighted by Gasteiger charge is 2.39. The summed E-state index contributed by atoms with van der Waals surface area (Å²) in [5.41, 5.74) is 0.929. The molecule has 0 saturated carbocycles. The van der Waals surface area contributed by atoms with Gasteiger partial charge in [0.1, 0.15) is 6.04 Å². The van der Waals surface area contributed by atoms with Crippen LogP contribution in [0.4, 0.5) is 4.79 Å². The maximum atomic E-state index is 13.0. The van der Waals surface area contributed by atoms with E-state index in [4.69, 9.17) is 4.74 Å². The second-order valence-corrected chi connectivity index (χ2v) is 8.72. The Hall–Kier alpha value is -2.46. The van der Waals surface area contributed by atoms with Gasteiger partial charge in [-0.25, -0.2) is 13.2 Å². The number of sulfonamides is 1. The van der Waals surface area contributed by atoms with Gasteiger partial charge in [0.15, 0.2) is 6.61 Å². The molecule has 28 heavy (non-hydrogen) atoms. The molecule has 2 heterocycles. The molecule has 9 nitrogen and oxygen atoms in total. The van der Waals surface area contributed by atoms with Gasteiger partial charge in [-0.2, -0.15) is 4.31 Å². The number of urea groups is 1. The molecule has 0 bridgehead atoms. The maximum Gasteiger partial charge on any atom is 0.324 e. The number of hydrogen-bond acceptors (Lipinski definition) is 6. The van der Waals surface area contributed by atoms with Crippen molar-refractivity contribution in [1.82, 2.24) is 14.5 Å². The quantitative estimate of drug-likeness (QED) is 0.714. The standard InChI is InChI=1S/C18H23N3O6S/c1-13-5-7-14(8-6-13)28(25,26)21-10-3-2-4-15(21)17(23)27-12-16(22)20-11-9-19-18(20)24/h5-8,15H,2-4,9-12H2,1H3,(H,19,24)/t15-/m1/s1. The number of nitrogens with zero attached hydrogens (tertiary/aromatic N) is 2. The van der Waals surface area contributed by atoms with Gasteiger partial charge in [-0.1, -0.05) is 17.7 Å². The first kappa shape index (κ1) is 20.3. The largest absolute Gasteiger partial charge is 0.454 e. The number of imide groups is 1. The van der Waals surface area contributed by atoms with E-state index in [-0.39, 0.29) is 18.0 Å². The molecule has 10 heteroatoms. The number of esters is 1. The van der Waals surface area contributed by atoms with Crippen LogP contribution >= 0.6 is 0 Å². The Bertz CT molecular complexity index is 868. The number of aryl methyl sites for hydroxylation is 1. The summed E-state index contributed by atoms with van der Waals surface area (Å²) >= 11 is 0. The van der Waals surface area contributed by atoms with E-state index in [1.54, 1.807) is 12.1 Å². The average molecular weight is 409 g/mol. The lowest BCUT2D eigenvalue weighted by Gasteiger charge is -2.33. The fourth-order valence-corrected chi connectivity index (χ4v) is 4.94. The van der Waals surface area contributed by atoms with E-state index in [0.717, 1.165) is 14.8 Å². The van der Waals surface area contributed by atoms with Crippen LogP contribution in [-0.2, 0) is 24.3 Å². The van der Waals surface area contributed by atoms with Crippen molar-refractivity contribution in [2.45, 2.75) is 37.1 Å². The Labute approximate surface area is 163 Å². The van der Waals surface area contributed by atoms with E-state index < -0.39 is 40.6 Å². The molecule has 2 aliphatic rings. The van der Waals surface area contributed by atoms with E-state index in [0.29, 0.717) is 25.8 Å². The SMILES string of the molecule is Cc1ccc(S(=O)(=O)N2CCCC[C@@H]2C(=O)OCC(=O)N2CCNC2=O)cc1. The molecule has 0 unspecified atom stereocenters. The molecular formula is C18H23N3O6S. The first-order valence-corrected chi connectivity index (χ1v) is 10.6. The Morgan fingerprint density at radius 3 is 2.54 bits per heavy atom. The fourth-order valence-electron chi connectivity index (χ4n) is 3.29. The zero-order valence-electron chi connectivity index (χ0n) is 15.6. The molecule has 2 fully saturated rings. The van der Waals surface area contributed by atoms with E-state index in [9.17, 15) is 22.8 Å². The molecule has 1 N–H and O–H groups in total. The van der Waals surface area contributed by atoms with Crippen LogP contribution < -0.4 is 5.32 Å². The zero-order chi connectivity index (χ0) is 20.3. The first-order valence-electron chi connectivity index (χ1n) is 9.14. The van der Waals surface area contributed by atoms with Crippen molar-refractivity contribution >= 4 is 27.9 Å². The normalized spacial score (nSPS) is 20.7. The lowest BCUT2D eigenvalue weighted by Crippen LogP contribution is -2.49. The van der Waals surface area contributed by atoms with E-state index in [1.165, 1.54) is 12.1 Å². The lowest BCUT2D eigenvalue weighted by molar-refractivity contribution is -0.154. The molecule has 0 radical (unpaired) electrons. The van der Waals surface area contributed by atoms with Crippen molar-refractivity contribution < 1.29 is 27.5 Å². The molecule has 2 saturated heterocycles. The molecule has 1 aromatic carbocycles. The van der Waals surface area contributed by atoms with Crippen molar-refractivity contribution in [2.75, 3.05) is 26.2 Å². The number of piperidine rings is 1. The van der Waals surface area contributed by atoms with E-state index >= 15 is 0 Å². The molecule has 1 aromatic rings. The van der Waals surface area contributed by atoms with Crippen LogP contribution in [0, 0.1) is 6.92 Å². The maximum absolute atomic E-state index is 13.0. The molecule has 3 rings (SSSR count). The third-order valence-corrected chi connectivity index (χ3v) is 6.77. The number of nitrogens with one attached hydrogen (secondary N) is 1. The molecule has 152 valence electrons. The van der Waals surface area contributed by atoms with E-state index in [2.05, 4.69) is 5.32 Å². The smallest absolute Gasteiger partial charge is 0.324 e. The van der Waals surface area contributed by atoms with Gasteiger partial charge in [-0.05, 0) is 38.3 Å². The minimum absolute atomic E-state index is 0.114.